The number of hydrogen-bond acceptors (Lipinski definition) is 3. The average Bonchev–Trinajstić information content (AvgIpc) is 2.67. The SMILES string of the molecule is CCCC(COc1ccc(F)cn1)C(CC)N(C)C(=O)c1cccc(C)c1. The van der Waals surface area contributed by atoms with E-state index in [2.05, 4.69) is 18.8 Å². The maximum absolute atomic E-state index is 13.0. The van der Waals surface area contributed by atoms with Crippen molar-refractivity contribution < 1.29 is 13.9 Å². The van der Waals surface area contributed by atoms with Crippen molar-refractivity contribution in [2.45, 2.75) is 46.1 Å². The minimum Gasteiger partial charge on any atom is -0.477 e. The topological polar surface area (TPSA) is 42.4 Å². The Balaban J connectivity index is 2.11. The van der Waals surface area contributed by atoms with E-state index in [-0.39, 0.29) is 23.7 Å². The van der Waals surface area contributed by atoms with Gasteiger partial charge in [-0.2, -0.15) is 0 Å². The van der Waals surface area contributed by atoms with Crippen molar-refractivity contribution in [3.05, 3.63) is 59.5 Å². The highest BCUT2D eigenvalue weighted by molar-refractivity contribution is 5.94. The molecule has 1 aromatic carbocycles. The minimum absolute atomic E-state index is 0.0200. The maximum atomic E-state index is 13.0. The predicted molar refractivity (Wildman–Crippen MR) is 105 cm³/mol. The molecule has 4 nitrogen and oxygen atoms in total. The monoisotopic (exact) mass is 372 g/mol. The molecule has 0 aliphatic rings. The van der Waals surface area contributed by atoms with Crippen LogP contribution >= 0.6 is 0 Å². The van der Waals surface area contributed by atoms with Crippen molar-refractivity contribution in [3.8, 4) is 5.88 Å². The quantitative estimate of drug-likeness (QED) is 0.630. The van der Waals surface area contributed by atoms with Crippen LogP contribution in [-0.4, -0.2) is 35.5 Å². The number of aryl methyl sites for hydroxylation is 1. The Morgan fingerprint density at radius 3 is 2.63 bits per heavy atom. The number of carbonyl (C=O) groups excluding carboxylic acids is 1. The lowest BCUT2D eigenvalue weighted by Gasteiger charge is -2.34. The van der Waals surface area contributed by atoms with Crippen molar-refractivity contribution in [2.75, 3.05) is 13.7 Å². The zero-order chi connectivity index (χ0) is 19.8. The van der Waals surface area contributed by atoms with Gasteiger partial charge in [0.2, 0.25) is 5.88 Å². The zero-order valence-corrected chi connectivity index (χ0v) is 16.6. The van der Waals surface area contributed by atoms with Crippen LogP contribution in [0, 0.1) is 18.7 Å². The highest BCUT2D eigenvalue weighted by Crippen LogP contribution is 2.22. The van der Waals surface area contributed by atoms with E-state index in [0.717, 1.165) is 31.0 Å². The van der Waals surface area contributed by atoms with Gasteiger partial charge in [-0.25, -0.2) is 9.37 Å². The molecule has 2 rings (SSSR count). The molecule has 0 aliphatic carbocycles. The van der Waals surface area contributed by atoms with Gasteiger partial charge >= 0.3 is 0 Å². The lowest BCUT2D eigenvalue weighted by atomic mass is 9.92. The fourth-order valence-electron chi connectivity index (χ4n) is 3.45. The van der Waals surface area contributed by atoms with Gasteiger partial charge in [0.25, 0.3) is 5.91 Å². The summed E-state index contributed by atoms with van der Waals surface area (Å²) in [6.45, 7) is 6.63. The third-order valence-corrected chi connectivity index (χ3v) is 4.85. The molecule has 0 aliphatic heterocycles. The van der Waals surface area contributed by atoms with Crippen LogP contribution in [0.3, 0.4) is 0 Å². The molecule has 5 heteroatoms. The molecule has 1 amide bonds. The average molecular weight is 372 g/mol. The number of amides is 1. The second-order valence-corrected chi connectivity index (χ2v) is 6.94. The number of hydrogen-bond donors (Lipinski definition) is 0. The van der Waals surface area contributed by atoms with Crippen LogP contribution in [0.1, 0.15) is 49.0 Å². The number of ether oxygens (including phenoxy) is 1. The van der Waals surface area contributed by atoms with Crippen LogP contribution in [0.4, 0.5) is 4.39 Å². The Bertz CT molecular complexity index is 733. The molecule has 1 aromatic heterocycles. The maximum Gasteiger partial charge on any atom is 0.253 e. The van der Waals surface area contributed by atoms with Gasteiger partial charge in [0.05, 0.1) is 12.8 Å². The second kappa shape index (κ2) is 10.0. The van der Waals surface area contributed by atoms with E-state index in [0.29, 0.717) is 18.1 Å². The van der Waals surface area contributed by atoms with E-state index in [9.17, 15) is 9.18 Å². The van der Waals surface area contributed by atoms with Gasteiger partial charge in [0, 0.05) is 30.6 Å². The number of carbonyl (C=O) groups is 1. The van der Waals surface area contributed by atoms with E-state index < -0.39 is 0 Å². The Morgan fingerprint density at radius 2 is 2.04 bits per heavy atom. The molecular formula is C22H29FN2O2. The summed E-state index contributed by atoms with van der Waals surface area (Å²) in [6, 6.07) is 10.6. The largest absolute Gasteiger partial charge is 0.477 e. The highest BCUT2D eigenvalue weighted by atomic mass is 19.1. The normalized spacial score (nSPS) is 13.1. The van der Waals surface area contributed by atoms with Crippen molar-refractivity contribution in [1.29, 1.82) is 0 Å². The van der Waals surface area contributed by atoms with Gasteiger partial charge in [-0.3, -0.25) is 4.79 Å². The van der Waals surface area contributed by atoms with Gasteiger partial charge in [-0.1, -0.05) is 38.0 Å². The first-order valence-electron chi connectivity index (χ1n) is 9.54. The van der Waals surface area contributed by atoms with Crippen LogP contribution in [0.5, 0.6) is 5.88 Å². The molecule has 2 atom stereocenters. The standard InChI is InChI=1S/C22H29FN2O2/c1-5-8-18(15-27-21-12-11-19(23)14-24-21)20(6-2)25(4)22(26)17-10-7-9-16(3)13-17/h7,9-14,18,20H,5-6,8,15H2,1-4H3. The first-order valence-corrected chi connectivity index (χ1v) is 9.54. The molecule has 1 heterocycles. The molecular weight excluding hydrogens is 343 g/mol. The van der Waals surface area contributed by atoms with Gasteiger partial charge in [-0.05, 0) is 38.0 Å². The van der Waals surface area contributed by atoms with Crippen LogP contribution in [-0.2, 0) is 0 Å². The fraction of sp³-hybridized carbons (Fsp3) is 0.455. The minimum atomic E-state index is -0.387. The fourth-order valence-corrected chi connectivity index (χ4v) is 3.45. The Morgan fingerprint density at radius 1 is 1.26 bits per heavy atom. The first-order chi connectivity index (χ1) is 13.0. The van der Waals surface area contributed by atoms with Gasteiger partial charge < -0.3 is 9.64 Å². The van der Waals surface area contributed by atoms with E-state index >= 15 is 0 Å². The van der Waals surface area contributed by atoms with Gasteiger partial charge in [-0.15, -0.1) is 0 Å². The molecule has 0 radical (unpaired) electrons. The van der Waals surface area contributed by atoms with Crippen LogP contribution in [0.15, 0.2) is 42.6 Å². The van der Waals surface area contributed by atoms with Crippen LogP contribution < -0.4 is 4.74 Å². The molecule has 0 saturated heterocycles. The first kappa shape index (κ1) is 20.9. The molecule has 2 unspecified atom stereocenters. The smallest absolute Gasteiger partial charge is 0.253 e. The van der Waals surface area contributed by atoms with E-state index in [1.165, 1.54) is 12.1 Å². The molecule has 146 valence electrons. The van der Waals surface area contributed by atoms with E-state index in [4.69, 9.17) is 4.74 Å². The third kappa shape index (κ3) is 5.78. The molecule has 27 heavy (non-hydrogen) atoms. The summed E-state index contributed by atoms with van der Waals surface area (Å²) in [6.07, 6.45) is 3.91. The third-order valence-electron chi connectivity index (χ3n) is 4.85. The predicted octanol–water partition coefficient (Wildman–Crippen LogP) is 4.88. The van der Waals surface area contributed by atoms with Crippen molar-refractivity contribution >= 4 is 5.91 Å². The summed E-state index contributed by atoms with van der Waals surface area (Å²) in [5.74, 6) is 0.208. The summed E-state index contributed by atoms with van der Waals surface area (Å²) in [7, 11) is 1.86. The van der Waals surface area contributed by atoms with Gasteiger partial charge in [0.15, 0.2) is 0 Å². The Kier molecular flexibility index (Phi) is 7.77. The van der Waals surface area contributed by atoms with E-state index in [1.807, 2.05) is 43.1 Å². The highest BCUT2D eigenvalue weighted by Gasteiger charge is 2.28. The number of benzene rings is 1. The van der Waals surface area contributed by atoms with Crippen LogP contribution in [0.25, 0.3) is 0 Å². The summed E-state index contributed by atoms with van der Waals surface area (Å²) >= 11 is 0. The second-order valence-electron chi connectivity index (χ2n) is 6.94. The summed E-state index contributed by atoms with van der Waals surface area (Å²) in [4.78, 5) is 18.7. The summed E-state index contributed by atoms with van der Waals surface area (Å²) in [5, 5.41) is 0. The van der Waals surface area contributed by atoms with Gasteiger partial charge in [0.1, 0.15) is 5.82 Å². The van der Waals surface area contributed by atoms with Crippen LogP contribution in [0.2, 0.25) is 0 Å². The van der Waals surface area contributed by atoms with E-state index in [1.54, 1.807) is 0 Å². The zero-order valence-electron chi connectivity index (χ0n) is 16.6. The lowest BCUT2D eigenvalue weighted by Crippen LogP contribution is -2.43. The number of aromatic nitrogens is 1. The molecule has 0 N–H and O–H groups in total. The summed E-state index contributed by atoms with van der Waals surface area (Å²) in [5.41, 5.74) is 1.77. The lowest BCUT2D eigenvalue weighted by molar-refractivity contribution is 0.0604. The Hall–Kier alpha value is -2.43. The van der Waals surface area contributed by atoms with Crippen molar-refractivity contribution in [3.63, 3.8) is 0 Å². The van der Waals surface area contributed by atoms with Crippen molar-refractivity contribution in [1.82, 2.24) is 9.88 Å². The van der Waals surface area contributed by atoms with Crippen molar-refractivity contribution in [2.24, 2.45) is 5.92 Å². The molecule has 0 fully saturated rings. The number of pyridine rings is 1. The summed E-state index contributed by atoms with van der Waals surface area (Å²) < 4.78 is 18.8. The number of halogens is 1. The number of rotatable bonds is 9. The molecule has 0 saturated carbocycles. The molecule has 0 bridgehead atoms. The molecule has 0 spiro atoms. The molecule has 2 aromatic rings. The Labute approximate surface area is 161 Å². The number of nitrogens with zero attached hydrogens (tertiary/aromatic N) is 2.